The molecular weight excluding hydrogens is 248 g/mol. The highest BCUT2D eigenvalue weighted by Gasteiger charge is 2.42. The highest BCUT2D eigenvalue weighted by Crippen LogP contribution is 2.30. The Morgan fingerprint density at radius 1 is 1.42 bits per heavy atom. The molecule has 1 aromatic rings. The number of nitrogens with zero attached hydrogens (tertiary/aromatic N) is 2. The van der Waals surface area contributed by atoms with Crippen LogP contribution in [-0.2, 0) is 11.8 Å². The lowest BCUT2D eigenvalue weighted by atomic mass is 9.90. The number of amides is 1. The number of likely N-dealkylation sites (tertiary alicyclic amines) is 1. The summed E-state index contributed by atoms with van der Waals surface area (Å²) < 4.78 is 1.33. The minimum atomic E-state index is -0.921. The van der Waals surface area contributed by atoms with Gasteiger partial charge in [0.2, 0.25) is 0 Å². The molecule has 102 valence electrons. The van der Waals surface area contributed by atoms with Crippen LogP contribution in [0.4, 0.5) is 0 Å². The van der Waals surface area contributed by atoms with E-state index in [-0.39, 0.29) is 17.7 Å². The van der Waals surface area contributed by atoms with Crippen molar-refractivity contribution in [1.29, 1.82) is 0 Å². The monoisotopic (exact) mass is 264 g/mol. The summed E-state index contributed by atoms with van der Waals surface area (Å²) >= 11 is 0. The van der Waals surface area contributed by atoms with Crippen LogP contribution in [0.3, 0.4) is 0 Å². The standard InChI is InChI=1S/C13H16N2O4/c1-13(12(18)19)5-7-15(8-13)11(17)9-4-3-6-14(2)10(9)16/h3-4,6H,5,7-8H2,1-2H3,(H,18,19). The van der Waals surface area contributed by atoms with Gasteiger partial charge in [0.05, 0.1) is 5.41 Å². The molecule has 0 aliphatic carbocycles. The molecule has 2 heterocycles. The zero-order valence-corrected chi connectivity index (χ0v) is 10.9. The topological polar surface area (TPSA) is 79.6 Å². The molecule has 0 bridgehead atoms. The summed E-state index contributed by atoms with van der Waals surface area (Å²) in [6, 6.07) is 3.10. The number of aryl methyl sites for hydroxylation is 1. The van der Waals surface area contributed by atoms with Crippen LogP contribution in [0.1, 0.15) is 23.7 Å². The lowest BCUT2D eigenvalue weighted by Gasteiger charge is -2.20. The van der Waals surface area contributed by atoms with Crippen LogP contribution in [0, 0.1) is 5.41 Å². The maximum absolute atomic E-state index is 12.3. The number of carboxylic acid groups (broad SMARTS) is 1. The van der Waals surface area contributed by atoms with E-state index in [4.69, 9.17) is 5.11 Å². The molecule has 19 heavy (non-hydrogen) atoms. The molecule has 1 N–H and O–H groups in total. The van der Waals surface area contributed by atoms with E-state index in [1.807, 2.05) is 0 Å². The van der Waals surface area contributed by atoms with Gasteiger partial charge in [-0.15, -0.1) is 0 Å². The van der Waals surface area contributed by atoms with E-state index in [0.717, 1.165) is 0 Å². The fourth-order valence-electron chi connectivity index (χ4n) is 2.24. The van der Waals surface area contributed by atoms with Gasteiger partial charge in [-0.1, -0.05) is 0 Å². The third kappa shape index (κ3) is 2.25. The molecule has 0 radical (unpaired) electrons. The van der Waals surface area contributed by atoms with Crippen LogP contribution in [0.5, 0.6) is 0 Å². The number of hydrogen-bond acceptors (Lipinski definition) is 3. The number of aliphatic carboxylic acids is 1. The van der Waals surface area contributed by atoms with Gasteiger partial charge in [-0.2, -0.15) is 0 Å². The Morgan fingerprint density at radius 2 is 2.11 bits per heavy atom. The van der Waals surface area contributed by atoms with Crippen LogP contribution in [0.15, 0.2) is 23.1 Å². The van der Waals surface area contributed by atoms with Crippen molar-refractivity contribution in [3.63, 3.8) is 0 Å². The van der Waals surface area contributed by atoms with Gasteiger partial charge < -0.3 is 14.6 Å². The van der Waals surface area contributed by atoms with Crippen LogP contribution < -0.4 is 5.56 Å². The maximum Gasteiger partial charge on any atom is 0.311 e. The molecule has 0 aromatic carbocycles. The summed E-state index contributed by atoms with van der Waals surface area (Å²) in [7, 11) is 1.57. The Balaban J connectivity index is 2.25. The van der Waals surface area contributed by atoms with Gasteiger partial charge in [0.1, 0.15) is 5.56 Å². The Kier molecular flexibility index (Phi) is 3.18. The SMILES string of the molecule is Cn1cccc(C(=O)N2CCC(C)(C(=O)O)C2)c1=O. The molecule has 1 atom stereocenters. The predicted molar refractivity (Wildman–Crippen MR) is 67.9 cm³/mol. The normalized spacial score (nSPS) is 22.5. The quantitative estimate of drug-likeness (QED) is 0.834. The maximum atomic E-state index is 12.3. The van der Waals surface area contributed by atoms with E-state index in [0.29, 0.717) is 13.0 Å². The van der Waals surface area contributed by atoms with Gasteiger partial charge in [-0.25, -0.2) is 0 Å². The molecule has 1 amide bonds. The van der Waals surface area contributed by atoms with Crippen molar-refractivity contribution in [3.8, 4) is 0 Å². The van der Waals surface area contributed by atoms with Gasteiger partial charge in [0, 0.05) is 26.3 Å². The highest BCUT2D eigenvalue weighted by molar-refractivity contribution is 5.94. The average Bonchev–Trinajstić information content (AvgIpc) is 2.76. The smallest absolute Gasteiger partial charge is 0.311 e. The van der Waals surface area contributed by atoms with E-state index in [1.165, 1.54) is 15.5 Å². The zero-order chi connectivity index (χ0) is 14.2. The van der Waals surface area contributed by atoms with Crippen LogP contribution in [-0.4, -0.2) is 39.5 Å². The summed E-state index contributed by atoms with van der Waals surface area (Å²) in [5, 5.41) is 9.14. The van der Waals surface area contributed by atoms with E-state index < -0.39 is 17.3 Å². The molecule has 1 fully saturated rings. The highest BCUT2D eigenvalue weighted by atomic mass is 16.4. The second kappa shape index (κ2) is 4.53. The number of carbonyl (C=O) groups is 2. The van der Waals surface area contributed by atoms with E-state index in [9.17, 15) is 14.4 Å². The molecule has 6 nitrogen and oxygen atoms in total. The Labute approximate surface area is 110 Å². The van der Waals surface area contributed by atoms with Crippen molar-refractivity contribution >= 4 is 11.9 Å². The van der Waals surface area contributed by atoms with Crippen molar-refractivity contribution in [2.45, 2.75) is 13.3 Å². The largest absolute Gasteiger partial charge is 0.481 e. The summed E-state index contributed by atoms with van der Waals surface area (Å²) in [6.45, 7) is 2.12. The Morgan fingerprint density at radius 3 is 2.68 bits per heavy atom. The molecule has 1 aliphatic heterocycles. The van der Waals surface area contributed by atoms with Crippen molar-refractivity contribution in [2.24, 2.45) is 12.5 Å². The van der Waals surface area contributed by atoms with E-state index >= 15 is 0 Å². The summed E-state index contributed by atoms with van der Waals surface area (Å²) in [5.41, 5.74) is -1.20. The van der Waals surface area contributed by atoms with Crippen molar-refractivity contribution in [1.82, 2.24) is 9.47 Å². The second-order valence-electron chi connectivity index (χ2n) is 5.18. The molecule has 6 heteroatoms. The number of aromatic nitrogens is 1. The first-order valence-electron chi connectivity index (χ1n) is 6.03. The second-order valence-corrected chi connectivity index (χ2v) is 5.18. The summed E-state index contributed by atoms with van der Waals surface area (Å²) in [4.78, 5) is 36.7. The van der Waals surface area contributed by atoms with Gasteiger partial charge in [-0.3, -0.25) is 14.4 Å². The summed E-state index contributed by atoms with van der Waals surface area (Å²) in [5.74, 6) is -1.31. The molecule has 0 saturated carbocycles. The van der Waals surface area contributed by atoms with Crippen molar-refractivity contribution in [2.75, 3.05) is 13.1 Å². The zero-order valence-electron chi connectivity index (χ0n) is 10.9. The molecule has 1 unspecified atom stereocenters. The van der Waals surface area contributed by atoms with Crippen molar-refractivity contribution < 1.29 is 14.7 Å². The van der Waals surface area contributed by atoms with Crippen LogP contribution >= 0.6 is 0 Å². The lowest BCUT2D eigenvalue weighted by molar-refractivity contribution is -0.147. The van der Waals surface area contributed by atoms with Crippen molar-refractivity contribution in [3.05, 3.63) is 34.2 Å². The van der Waals surface area contributed by atoms with Crippen LogP contribution in [0.25, 0.3) is 0 Å². The van der Waals surface area contributed by atoms with Gasteiger partial charge in [0.15, 0.2) is 0 Å². The third-order valence-electron chi connectivity index (χ3n) is 3.63. The van der Waals surface area contributed by atoms with E-state index in [1.54, 1.807) is 26.2 Å². The van der Waals surface area contributed by atoms with Gasteiger partial charge in [0.25, 0.3) is 11.5 Å². The minimum absolute atomic E-state index is 0.0830. The molecule has 1 aliphatic rings. The first kappa shape index (κ1) is 13.3. The number of hydrogen-bond donors (Lipinski definition) is 1. The van der Waals surface area contributed by atoms with Crippen LogP contribution in [0.2, 0.25) is 0 Å². The molecule has 1 saturated heterocycles. The number of carboxylic acids is 1. The Hall–Kier alpha value is -2.11. The third-order valence-corrected chi connectivity index (χ3v) is 3.63. The molecule has 1 aromatic heterocycles. The van der Waals surface area contributed by atoms with Gasteiger partial charge >= 0.3 is 5.97 Å². The number of rotatable bonds is 2. The molecule has 2 rings (SSSR count). The fourth-order valence-corrected chi connectivity index (χ4v) is 2.24. The first-order valence-corrected chi connectivity index (χ1v) is 6.03. The lowest BCUT2D eigenvalue weighted by Crippen LogP contribution is -2.37. The first-order chi connectivity index (χ1) is 8.85. The summed E-state index contributed by atoms with van der Waals surface area (Å²) in [6.07, 6.45) is 1.98. The molecular formula is C13H16N2O4. The minimum Gasteiger partial charge on any atom is -0.481 e. The molecule has 0 spiro atoms. The van der Waals surface area contributed by atoms with E-state index in [2.05, 4.69) is 0 Å². The predicted octanol–water partition coefficient (Wildman–Crippen LogP) is 0.322. The number of carbonyl (C=O) groups excluding carboxylic acids is 1. The average molecular weight is 264 g/mol. The number of pyridine rings is 1. The van der Waals surface area contributed by atoms with Gasteiger partial charge in [-0.05, 0) is 25.5 Å². The Bertz CT molecular complexity index is 593. The fraction of sp³-hybridized carbons (Fsp3) is 0.462.